The summed E-state index contributed by atoms with van der Waals surface area (Å²) in [4.78, 5) is 24.6. The summed E-state index contributed by atoms with van der Waals surface area (Å²) in [5.74, 6) is 0.836. The van der Waals surface area contributed by atoms with E-state index in [4.69, 9.17) is 4.74 Å². The number of carbonyl (C=O) groups is 1. The number of anilines is 2. The molecule has 0 aliphatic rings. The summed E-state index contributed by atoms with van der Waals surface area (Å²) in [6.07, 6.45) is 3.49. The van der Waals surface area contributed by atoms with Crippen LogP contribution in [0.2, 0.25) is 0 Å². The van der Waals surface area contributed by atoms with Gasteiger partial charge in [-0.15, -0.1) is 0 Å². The third-order valence-corrected chi connectivity index (χ3v) is 4.67. The summed E-state index contributed by atoms with van der Waals surface area (Å²) in [5, 5.41) is 0. The number of para-hydroxylation sites is 1. The van der Waals surface area contributed by atoms with Gasteiger partial charge in [0.15, 0.2) is 0 Å². The number of nitrogens with one attached hydrogen (secondary N) is 1. The maximum atomic E-state index is 13.4. The van der Waals surface area contributed by atoms with Crippen LogP contribution in [0.15, 0.2) is 61.1 Å². The molecule has 6 heteroatoms. The predicted molar refractivity (Wildman–Crippen MR) is 117 cm³/mol. The lowest BCUT2D eigenvalue weighted by molar-refractivity contribution is 0.0981. The van der Waals surface area contributed by atoms with E-state index in [0.29, 0.717) is 30.3 Å². The Kier molecular flexibility index (Phi) is 6.54. The smallest absolute Gasteiger partial charge is 0.262 e. The third kappa shape index (κ3) is 4.96. The molecule has 1 N–H and O–H groups in total. The maximum absolute atomic E-state index is 13.4. The van der Waals surface area contributed by atoms with Gasteiger partial charge in [0.2, 0.25) is 0 Å². The Morgan fingerprint density at radius 3 is 2.59 bits per heavy atom. The number of methoxy groups -OCH3 is 1. The standard InChI is InChI=1S/C23H28N4O2/c1-17(2)14-27(23(28)21-10-5-6-11-22(21)29-4)20-9-7-8-19(12-20)26(3)15-18-13-24-16-25-18/h5-13,16-17H,14-15H2,1-4H3,(H,24,25). The highest BCUT2D eigenvalue weighted by atomic mass is 16.5. The highest BCUT2D eigenvalue weighted by molar-refractivity contribution is 6.08. The van der Waals surface area contributed by atoms with Gasteiger partial charge in [-0.2, -0.15) is 0 Å². The number of imidazole rings is 1. The second-order valence-electron chi connectivity index (χ2n) is 7.46. The van der Waals surface area contributed by atoms with Gasteiger partial charge in [0, 0.05) is 31.2 Å². The fourth-order valence-corrected chi connectivity index (χ4v) is 3.25. The maximum Gasteiger partial charge on any atom is 0.262 e. The first-order chi connectivity index (χ1) is 14.0. The van der Waals surface area contributed by atoms with Crippen molar-refractivity contribution in [1.82, 2.24) is 9.97 Å². The minimum absolute atomic E-state index is 0.0653. The number of carbonyl (C=O) groups excluding carboxylic acids is 1. The first kappa shape index (κ1) is 20.5. The number of hydrogen-bond acceptors (Lipinski definition) is 4. The molecule has 0 fully saturated rings. The second-order valence-corrected chi connectivity index (χ2v) is 7.46. The number of benzene rings is 2. The van der Waals surface area contributed by atoms with Crippen LogP contribution in [0.5, 0.6) is 5.75 Å². The van der Waals surface area contributed by atoms with Gasteiger partial charge in [0.05, 0.1) is 31.2 Å². The Morgan fingerprint density at radius 1 is 1.14 bits per heavy atom. The van der Waals surface area contributed by atoms with E-state index in [1.165, 1.54) is 0 Å². The number of amides is 1. The monoisotopic (exact) mass is 392 g/mol. The molecular weight excluding hydrogens is 364 g/mol. The fraction of sp³-hybridized carbons (Fsp3) is 0.304. The Bertz CT molecular complexity index is 938. The average molecular weight is 393 g/mol. The van der Waals surface area contributed by atoms with Gasteiger partial charge in [-0.05, 0) is 36.2 Å². The van der Waals surface area contributed by atoms with Crippen LogP contribution in [-0.2, 0) is 6.54 Å². The minimum Gasteiger partial charge on any atom is -0.496 e. The molecule has 2 aromatic carbocycles. The molecule has 3 rings (SSSR count). The molecule has 1 aromatic heterocycles. The van der Waals surface area contributed by atoms with Gasteiger partial charge in [0.1, 0.15) is 5.75 Å². The highest BCUT2D eigenvalue weighted by Crippen LogP contribution is 2.27. The van der Waals surface area contributed by atoms with Gasteiger partial charge >= 0.3 is 0 Å². The van der Waals surface area contributed by atoms with Gasteiger partial charge < -0.3 is 19.5 Å². The number of rotatable bonds is 8. The zero-order valence-electron chi connectivity index (χ0n) is 17.4. The summed E-state index contributed by atoms with van der Waals surface area (Å²) in [5.41, 5.74) is 3.48. The molecule has 0 saturated carbocycles. The highest BCUT2D eigenvalue weighted by Gasteiger charge is 2.22. The number of aromatic nitrogens is 2. The van der Waals surface area contributed by atoms with Crippen LogP contribution in [0.25, 0.3) is 0 Å². The van der Waals surface area contributed by atoms with E-state index < -0.39 is 0 Å². The molecule has 3 aromatic rings. The Labute approximate surface area is 172 Å². The van der Waals surface area contributed by atoms with Crippen molar-refractivity contribution >= 4 is 17.3 Å². The molecule has 6 nitrogen and oxygen atoms in total. The molecule has 0 bridgehead atoms. The van der Waals surface area contributed by atoms with E-state index in [9.17, 15) is 4.79 Å². The lowest BCUT2D eigenvalue weighted by Gasteiger charge is -2.27. The van der Waals surface area contributed by atoms with E-state index in [1.54, 1.807) is 13.4 Å². The van der Waals surface area contributed by atoms with E-state index >= 15 is 0 Å². The fourth-order valence-electron chi connectivity index (χ4n) is 3.25. The molecule has 0 spiro atoms. The van der Waals surface area contributed by atoms with Crippen molar-refractivity contribution in [2.24, 2.45) is 5.92 Å². The molecule has 0 unspecified atom stereocenters. The van der Waals surface area contributed by atoms with Crippen LogP contribution < -0.4 is 14.5 Å². The number of nitrogens with zero attached hydrogens (tertiary/aromatic N) is 3. The topological polar surface area (TPSA) is 61.5 Å². The van der Waals surface area contributed by atoms with Crippen LogP contribution in [-0.4, -0.2) is 36.6 Å². The zero-order valence-corrected chi connectivity index (χ0v) is 17.4. The lowest BCUT2D eigenvalue weighted by Crippen LogP contribution is -2.34. The Hall–Kier alpha value is -3.28. The molecule has 0 aliphatic carbocycles. The van der Waals surface area contributed by atoms with Crippen molar-refractivity contribution in [2.45, 2.75) is 20.4 Å². The van der Waals surface area contributed by atoms with Crippen LogP contribution in [0.4, 0.5) is 11.4 Å². The van der Waals surface area contributed by atoms with Crippen LogP contribution in [0.3, 0.4) is 0 Å². The Morgan fingerprint density at radius 2 is 1.90 bits per heavy atom. The van der Waals surface area contributed by atoms with Gasteiger partial charge in [0.25, 0.3) is 5.91 Å². The van der Waals surface area contributed by atoms with Gasteiger partial charge in [-0.3, -0.25) is 4.79 Å². The van der Waals surface area contributed by atoms with Crippen molar-refractivity contribution in [1.29, 1.82) is 0 Å². The molecule has 0 atom stereocenters. The first-order valence-corrected chi connectivity index (χ1v) is 9.73. The summed E-state index contributed by atoms with van der Waals surface area (Å²) in [6.45, 7) is 5.53. The summed E-state index contributed by atoms with van der Waals surface area (Å²) >= 11 is 0. The molecule has 0 saturated heterocycles. The summed E-state index contributed by atoms with van der Waals surface area (Å²) in [7, 11) is 3.61. The molecule has 29 heavy (non-hydrogen) atoms. The average Bonchev–Trinajstić information content (AvgIpc) is 3.24. The predicted octanol–water partition coefficient (Wildman–Crippen LogP) is 4.36. The van der Waals surface area contributed by atoms with Crippen LogP contribution >= 0.6 is 0 Å². The first-order valence-electron chi connectivity index (χ1n) is 9.73. The van der Waals surface area contributed by atoms with Gasteiger partial charge in [-0.25, -0.2) is 4.98 Å². The number of hydrogen-bond donors (Lipinski definition) is 1. The van der Waals surface area contributed by atoms with Crippen molar-refractivity contribution in [3.8, 4) is 5.75 Å². The molecule has 1 amide bonds. The number of H-pyrrole nitrogens is 1. The van der Waals surface area contributed by atoms with Crippen LogP contribution in [0, 0.1) is 5.92 Å². The van der Waals surface area contributed by atoms with E-state index in [1.807, 2.05) is 66.7 Å². The quantitative estimate of drug-likeness (QED) is 0.619. The van der Waals surface area contributed by atoms with E-state index in [2.05, 4.69) is 28.7 Å². The zero-order chi connectivity index (χ0) is 20.8. The van der Waals surface area contributed by atoms with Crippen LogP contribution in [0.1, 0.15) is 29.9 Å². The van der Waals surface area contributed by atoms with Crippen molar-refractivity contribution < 1.29 is 9.53 Å². The molecular formula is C23H28N4O2. The Balaban J connectivity index is 1.91. The third-order valence-electron chi connectivity index (χ3n) is 4.67. The molecule has 1 heterocycles. The van der Waals surface area contributed by atoms with Crippen molar-refractivity contribution in [3.63, 3.8) is 0 Å². The van der Waals surface area contributed by atoms with Crippen molar-refractivity contribution in [2.75, 3.05) is 30.5 Å². The molecule has 0 radical (unpaired) electrons. The normalized spacial score (nSPS) is 10.8. The molecule has 152 valence electrons. The minimum atomic E-state index is -0.0653. The second kappa shape index (κ2) is 9.28. The van der Waals surface area contributed by atoms with Gasteiger partial charge in [-0.1, -0.05) is 32.0 Å². The van der Waals surface area contributed by atoms with Crippen molar-refractivity contribution in [3.05, 3.63) is 72.3 Å². The molecule has 0 aliphatic heterocycles. The number of ether oxygens (including phenoxy) is 1. The van der Waals surface area contributed by atoms with E-state index in [0.717, 1.165) is 17.1 Å². The summed E-state index contributed by atoms with van der Waals surface area (Å²) < 4.78 is 5.41. The number of aromatic amines is 1. The lowest BCUT2D eigenvalue weighted by atomic mass is 10.1. The van der Waals surface area contributed by atoms with E-state index in [-0.39, 0.29) is 5.91 Å². The summed E-state index contributed by atoms with van der Waals surface area (Å²) in [6, 6.07) is 15.4. The SMILES string of the molecule is COc1ccccc1C(=O)N(CC(C)C)c1cccc(N(C)Cc2cnc[nH]2)c1. The largest absolute Gasteiger partial charge is 0.496 e.